The number of hydrogen-bond acceptors (Lipinski definition) is 5. The molecule has 0 atom stereocenters. The van der Waals surface area contributed by atoms with Gasteiger partial charge in [0.1, 0.15) is 11.5 Å². The second-order valence-corrected chi connectivity index (χ2v) is 7.61. The van der Waals surface area contributed by atoms with E-state index in [0.29, 0.717) is 17.2 Å². The molecule has 154 valence electrons. The zero-order chi connectivity index (χ0) is 20.2. The molecule has 1 aromatic carbocycles. The summed E-state index contributed by atoms with van der Waals surface area (Å²) in [4.78, 5) is 33.0. The number of methoxy groups -OCH3 is 1. The maximum absolute atomic E-state index is 12.7. The van der Waals surface area contributed by atoms with Crippen molar-refractivity contribution in [3.63, 3.8) is 0 Å². The Balaban J connectivity index is 1.47. The lowest BCUT2D eigenvalue weighted by Gasteiger charge is -2.16. The normalized spacial score (nSPS) is 20.5. The zero-order valence-electron chi connectivity index (χ0n) is 16.9. The van der Waals surface area contributed by atoms with E-state index < -0.39 is 0 Å². The molecule has 2 saturated heterocycles. The van der Waals surface area contributed by atoms with Crippen molar-refractivity contribution in [3.05, 3.63) is 29.5 Å². The second-order valence-electron chi connectivity index (χ2n) is 7.61. The Bertz CT molecular complexity index is 856. The van der Waals surface area contributed by atoms with E-state index in [-0.39, 0.29) is 18.4 Å². The number of carbonyl (C=O) groups is 2. The van der Waals surface area contributed by atoms with Crippen LogP contribution >= 0.6 is 0 Å². The van der Waals surface area contributed by atoms with Gasteiger partial charge in [-0.3, -0.25) is 14.5 Å². The molecule has 3 heterocycles. The number of rotatable bonds is 5. The van der Waals surface area contributed by atoms with Gasteiger partial charge in [-0.15, -0.1) is 0 Å². The van der Waals surface area contributed by atoms with Crippen LogP contribution < -0.4 is 9.47 Å². The second kappa shape index (κ2) is 8.68. The van der Waals surface area contributed by atoms with Gasteiger partial charge in [0.2, 0.25) is 0 Å². The minimum absolute atomic E-state index is 0.00209. The van der Waals surface area contributed by atoms with Crippen molar-refractivity contribution < 1.29 is 19.1 Å². The highest BCUT2D eigenvalue weighted by Crippen LogP contribution is 2.30. The first-order valence-electron chi connectivity index (χ1n) is 10.4. The van der Waals surface area contributed by atoms with Crippen LogP contribution in [-0.4, -0.2) is 60.8 Å². The van der Waals surface area contributed by atoms with E-state index in [1.165, 1.54) is 0 Å². The van der Waals surface area contributed by atoms with Crippen LogP contribution in [0.2, 0.25) is 0 Å². The number of ether oxygens (including phenoxy) is 2. The Morgan fingerprint density at radius 1 is 1.10 bits per heavy atom. The fourth-order valence-electron chi connectivity index (χ4n) is 4.00. The molecular formula is C22H27N3O4. The Hall–Kier alpha value is -2.83. The highest BCUT2D eigenvalue weighted by atomic mass is 16.5. The van der Waals surface area contributed by atoms with Crippen molar-refractivity contribution in [3.8, 4) is 11.5 Å². The maximum atomic E-state index is 12.7. The number of nitrogens with zero attached hydrogens (tertiary/aromatic N) is 3. The zero-order valence-corrected chi connectivity index (χ0v) is 16.9. The van der Waals surface area contributed by atoms with Gasteiger partial charge in [-0.05, 0) is 49.5 Å². The van der Waals surface area contributed by atoms with Crippen LogP contribution in [0.3, 0.4) is 0 Å². The third-order valence-corrected chi connectivity index (χ3v) is 5.61. The van der Waals surface area contributed by atoms with Crippen LogP contribution in [0.4, 0.5) is 0 Å². The molecule has 4 rings (SSSR count). The molecule has 2 fully saturated rings. The van der Waals surface area contributed by atoms with Crippen molar-refractivity contribution in [2.24, 2.45) is 4.99 Å². The number of hydrogen-bond donors (Lipinski definition) is 0. The summed E-state index contributed by atoms with van der Waals surface area (Å²) in [7, 11) is 1.56. The van der Waals surface area contributed by atoms with E-state index in [1.807, 2.05) is 11.0 Å². The third-order valence-electron chi connectivity index (χ3n) is 5.61. The average Bonchev–Trinajstić information content (AvgIpc) is 3.30. The minimum atomic E-state index is -0.0302. The molecule has 0 aromatic heterocycles. The Labute approximate surface area is 171 Å². The van der Waals surface area contributed by atoms with Crippen LogP contribution in [0.25, 0.3) is 6.08 Å². The molecular weight excluding hydrogens is 370 g/mol. The molecule has 0 unspecified atom stereocenters. The first-order valence-corrected chi connectivity index (χ1v) is 10.4. The first kappa shape index (κ1) is 19.5. The SMILES string of the molecule is COc1cc(/C=C2/N=C3CCCCCN3C2=O)ccc1OCC(=O)N1CCCC1. The average molecular weight is 397 g/mol. The van der Waals surface area contributed by atoms with Crippen LogP contribution in [0.5, 0.6) is 11.5 Å². The molecule has 7 heteroatoms. The van der Waals surface area contributed by atoms with E-state index in [4.69, 9.17) is 9.47 Å². The smallest absolute Gasteiger partial charge is 0.277 e. The number of carbonyl (C=O) groups excluding carboxylic acids is 2. The van der Waals surface area contributed by atoms with Gasteiger partial charge in [0.15, 0.2) is 18.1 Å². The summed E-state index contributed by atoms with van der Waals surface area (Å²) < 4.78 is 11.1. The van der Waals surface area contributed by atoms with Gasteiger partial charge in [-0.1, -0.05) is 12.5 Å². The van der Waals surface area contributed by atoms with Crippen molar-refractivity contribution in [1.82, 2.24) is 9.80 Å². The van der Waals surface area contributed by atoms with Crippen LogP contribution in [0, 0.1) is 0 Å². The van der Waals surface area contributed by atoms with Crippen molar-refractivity contribution >= 4 is 23.7 Å². The summed E-state index contributed by atoms with van der Waals surface area (Å²) >= 11 is 0. The number of fused-ring (bicyclic) bond motifs is 1. The van der Waals surface area contributed by atoms with E-state index in [0.717, 1.165) is 69.6 Å². The fourth-order valence-corrected chi connectivity index (χ4v) is 4.00. The van der Waals surface area contributed by atoms with Gasteiger partial charge in [-0.25, -0.2) is 4.99 Å². The monoisotopic (exact) mass is 397 g/mol. The molecule has 0 N–H and O–H groups in total. The number of aliphatic imine (C=N–C) groups is 1. The molecule has 3 aliphatic rings. The molecule has 7 nitrogen and oxygen atoms in total. The highest BCUT2D eigenvalue weighted by Gasteiger charge is 2.30. The summed E-state index contributed by atoms with van der Waals surface area (Å²) in [6.45, 7) is 2.35. The van der Waals surface area contributed by atoms with E-state index in [1.54, 1.807) is 30.2 Å². The molecule has 0 bridgehead atoms. The largest absolute Gasteiger partial charge is 0.493 e. The fraction of sp³-hybridized carbons (Fsp3) is 0.500. The molecule has 0 saturated carbocycles. The van der Waals surface area contributed by atoms with E-state index in [2.05, 4.69) is 4.99 Å². The summed E-state index contributed by atoms with van der Waals surface area (Å²) in [5.74, 6) is 1.89. The summed E-state index contributed by atoms with van der Waals surface area (Å²) in [5, 5.41) is 0. The molecule has 0 spiro atoms. The number of amidine groups is 1. The van der Waals surface area contributed by atoms with Crippen LogP contribution in [0.1, 0.15) is 44.1 Å². The number of likely N-dealkylation sites (tertiary alicyclic amines) is 1. The van der Waals surface area contributed by atoms with Gasteiger partial charge in [0.05, 0.1) is 7.11 Å². The summed E-state index contributed by atoms with van der Waals surface area (Å²) in [6.07, 6.45) is 7.98. The van der Waals surface area contributed by atoms with Gasteiger partial charge in [-0.2, -0.15) is 0 Å². The summed E-state index contributed by atoms with van der Waals surface area (Å²) in [6, 6.07) is 5.43. The topological polar surface area (TPSA) is 71.4 Å². The molecule has 29 heavy (non-hydrogen) atoms. The number of benzene rings is 1. The predicted molar refractivity (Wildman–Crippen MR) is 110 cm³/mol. The van der Waals surface area contributed by atoms with E-state index in [9.17, 15) is 9.59 Å². The molecule has 1 aromatic rings. The Kier molecular flexibility index (Phi) is 5.83. The van der Waals surface area contributed by atoms with Crippen molar-refractivity contribution in [2.75, 3.05) is 33.4 Å². The van der Waals surface area contributed by atoms with Crippen LogP contribution in [0.15, 0.2) is 28.9 Å². The predicted octanol–water partition coefficient (Wildman–Crippen LogP) is 2.85. The van der Waals surface area contributed by atoms with Crippen molar-refractivity contribution in [1.29, 1.82) is 0 Å². The Morgan fingerprint density at radius 2 is 1.90 bits per heavy atom. The van der Waals surface area contributed by atoms with Gasteiger partial charge in [0, 0.05) is 26.1 Å². The Morgan fingerprint density at radius 3 is 2.69 bits per heavy atom. The van der Waals surface area contributed by atoms with Gasteiger partial charge >= 0.3 is 0 Å². The minimum Gasteiger partial charge on any atom is -0.493 e. The third kappa shape index (κ3) is 4.28. The molecule has 2 amide bonds. The first-order chi connectivity index (χ1) is 14.2. The van der Waals surface area contributed by atoms with Crippen molar-refractivity contribution in [2.45, 2.75) is 38.5 Å². The molecule has 3 aliphatic heterocycles. The van der Waals surface area contributed by atoms with Gasteiger partial charge in [0.25, 0.3) is 11.8 Å². The number of amides is 2. The van der Waals surface area contributed by atoms with Crippen LogP contribution in [-0.2, 0) is 9.59 Å². The quantitative estimate of drug-likeness (QED) is 0.717. The maximum Gasteiger partial charge on any atom is 0.277 e. The lowest BCUT2D eigenvalue weighted by atomic mass is 10.1. The van der Waals surface area contributed by atoms with Gasteiger partial charge < -0.3 is 14.4 Å². The molecule has 0 radical (unpaired) electrons. The lowest BCUT2D eigenvalue weighted by molar-refractivity contribution is -0.132. The highest BCUT2D eigenvalue weighted by molar-refractivity contribution is 6.14. The molecule has 0 aliphatic carbocycles. The lowest BCUT2D eigenvalue weighted by Crippen LogP contribution is -2.32. The van der Waals surface area contributed by atoms with E-state index >= 15 is 0 Å². The summed E-state index contributed by atoms with van der Waals surface area (Å²) in [5.41, 5.74) is 1.27. The standard InChI is InChI=1S/C22H27N3O4/c1-28-19-14-16(8-9-18(19)29-15-21(26)24-10-5-6-11-24)13-17-22(27)25-12-4-2-3-7-20(25)23-17/h8-9,13-14H,2-7,10-12,15H2,1H3/b17-13+.